The van der Waals surface area contributed by atoms with Crippen molar-refractivity contribution in [1.82, 2.24) is 29.0 Å². The third kappa shape index (κ3) is 4.26. The molecule has 182 valence electrons. The van der Waals surface area contributed by atoms with E-state index in [1.54, 1.807) is 0 Å². The Kier molecular flexibility index (Phi) is 5.88. The lowest BCUT2D eigenvalue weighted by Gasteiger charge is -2.39. The summed E-state index contributed by atoms with van der Waals surface area (Å²) in [7, 11) is 0. The predicted molar refractivity (Wildman–Crippen MR) is 132 cm³/mol. The van der Waals surface area contributed by atoms with E-state index in [4.69, 9.17) is 19.4 Å². The van der Waals surface area contributed by atoms with E-state index in [2.05, 4.69) is 31.9 Å². The minimum Gasteiger partial charge on any atom is -0.379 e. The average molecular weight is 485 g/mol. The van der Waals surface area contributed by atoms with Crippen LogP contribution in [0.1, 0.15) is 38.3 Å². The van der Waals surface area contributed by atoms with Gasteiger partial charge in [-0.15, -0.1) is 0 Å². The highest BCUT2D eigenvalue weighted by Crippen LogP contribution is 2.33. The summed E-state index contributed by atoms with van der Waals surface area (Å²) in [4.78, 5) is 13.1. The van der Waals surface area contributed by atoms with Gasteiger partial charge in [0.1, 0.15) is 11.4 Å². The number of aromatic nitrogens is 5. The van der Waals surface area contributed by atoms with Crippen LogP contribution in [0.5, 0.6) is 0 Å². The molecule has 0 spiro atoms. The molecule has 2 saturated heterocycles. The van der Waals surface area contributed by atoms with Crippen molar-refractivity contribution in [3.8, 4) is 0 Å². The van der Waals surface area contributed by atoms with E-state index >= 15 is 0 Å². The minimum atomic E-state index is -0.0771. The van der Waals surface area contributed by atoms with Crippen molar-refractivity contribution in [3.05, 3.63) is 18.1 Å². The summed E-state index contributed by atoms with van der Waals surface area (Å²) in [6.07, 6.45) is 8.50. The van der Waals surface area contributed by atoms with Crippen LogP contribution in [0.2, 0.25) is 0 Å². The molecule has 5 heterocycles. The molecule has 3 aromatic rings. The molecular formula is C23H32N8O2S. The number of morpholine rings is 1. The topological polar surface area (TPSA) is 102 Å². The normalized spacial score (nSPS) is 25.2. The van der Waals surface area contributed by atoms with Crippen LogP contribution in [0, 0.1) is 6.92 Å². The number of nitrogens with one attached hydrogen (secondary N) is 2. The predicted octanol–water partition coefficient (Wildman–Crippen LogP) is 3.14. The summed E-state index contributed by atoms with van der Waals surface area (Å²) >= 11 is 1.42. The molecule has 0 unspecified atom stereocenters. The number of ether oxygens (including phenoxy) is 2. The zero-order valence-corrected chi connectivity index (χ0v) is 20.6. The summed E-state index contributed by atoms with van der Waals surface area (Å²) in [6, 6.07) is 1.08. The van der Waals surface area contributed by atoms with Gasteiger partial charge < -0.3 is 20.1 Å². The second-order valence-corrected chi connectivity index (χ2v) is 10.7. The Morgan fingerprint density at radius 3 is 2.62 bits per heavy atom. The second kappa shape index (κ2) is 9.03. The van der Waals surface area contributed by atoms with Gasteiger partial charge >= 0.3 is 0 Å². The molecule has 3 aliphatic rings. The van der Waals surface area contributed by atoms with Gasteiger partial charge in [0.05, 0.1) is 49.4 Å². The number of hydrogen-bond acceptors (Lipinski definition) is 10. The molecule has 3 fully saturated rings. The zero-order valence-electron chi connectivity index (χ0n) is 19.8. The lowest BCUT2D eigenvalue weighted by molar-refractivity contribution is -0.0957. The molecule has 2 N–H and O–H groups in total. The molecule has 1 saturated carbocycles. The lowest BCUT2D eigenvalue weighted by Crippen LogP contribution is -2.49. The van der Waals surface area contributed by atoms with Crippen molar-refractivity contribution >= 4 is 39.2 Å². The Balaban J connectivity index is 1.17. The van der Waals surface area contributed by atoms with Gasteiger partial charge in [-0.3, -0.25) is 9.58 Å². The summed E-state index contributed by atoms with van der Waals surface area (Å²) in [5.74, 6) is 1.44. The first kappa shape index (κ1) is 22.1. The van der Waals surface area contributed by atoms with E-state index < -0.39 is 0 Å². The minimum absolute atomic E-state index is 0.0771. The van der Waals surface area contributed by atoms with E-state index in [1.165, 1.54) is 24.4 Å². The van der Waals surface area contributed by atoms with Gasteiger partial charge in [-0.1, -0.05) is 0 Å². The molecule has 10 nitrogen and oxygen atoms in total. The molecule has 0 aromatic carbocycles. The zero-order chi connectivity index (χ0) is 23.1. The van der Waals surface area contributed by atoms with Crippen LogP contribution < -0.4 is 10.6 Å². The summed E-state index contributed by atoms with van der Waals surface area (Å²) < 4.78 is 17.4. The van der Waals surface area contributed by atoms with Crippen LogP contribution in [0.3, 0.4) is 0 Å². The van der Waals surface area contributed by atoms with Gasteiger partial charge in [0.2, 0.25) is 5.95 Å². The largest absolute Gasteiger partial charge is 0.379 e. The summed E-state index contributed by atoms with van der Waals surface area (Å²) in [5.41, 5.74) is 1.76. The molecule has 2 aliphatic heterocycles. The number of hydrogen-bond donors (Lipinski definition) is 2. The Morgan fingerprint density at radius 1 is 1.09 bits per heavy atom. The van der Waals surface area contributed by atoms with Gasteiger partial charge in [-0.05, 0) is 51.1 Å². The van der Waals surface area contributed by atoms with E-state index in [0.717, 1.165) is 66.6 Å². The van der Waals surface area contributed by atoms with Crippen LogP contribution in [0.4, 0.5) is 17.5 Å². The SMILES string of the molecule is Cc1nsc2nc(Nc3cnn(C4(C)COC4)c3)nc(NC3CCC(N4CCOCC4)CC3)c12. The van der Waals surface area contributed by atoms with E-state index in [-0.39, 0.29) is 5.54 Å². The smallest absolute Gasteiger partial charge is 0.230 e. The third-order valence-electron chi connectivity index (χ3n) is 7.32. The molecular weight excluding hydrogens is 452 g/mol. The highest BCUT2D eigenvalue weighted by atomic mass is 32.1. The van der Waals surface area contributed by atoms with Crippen molar-refractivity contribution in [2.24, 2.45) is 0 Å². The number of rotatable bonds is 6. The molecule has 0 atom stereocenters. The second-order valence-electron chi connectivity index (χ2n) is 9.93. The molecule has 11 heteroatoms. The Bertz CT molecular complexity index is 1150. The highest BCUT2D eigenvalue weighted by Gasteiger charge is 2.36. The van der Waals surface area contributed by atoms with Crippen LogP contribution in [-0.2, 0) is 15.0 Å². The fourth-order valence-corrected chi connectivity index (χ4v) is 5.99. The van der Waals surface area contributed by atoms with Gasteiger partial charge in [0.15, 0.2) is 4.83 Å². The monoisotopic (exact) mass is 484 g/mol. The molecule has 0 radical (unpaired) electrons. The fourth-order valence-electron chi connectivity index (χ4n) is 5.21. The van der Waals surface area contributed by atoms with Crippen LogP contribution in [0.15, 0.2) is 12.4 Å². The van der Waals surface area contributed by atoms with Crippen molar-refractivity contribution in [2.75, 3.05) is 50.2 Å². The first-order valence-electron chi connectivity index (χ1n) is 12.2. The highest BCUT2D eigenvalue weighted by molar-refractivity contribution is 7.13. The summed E-state index contributed by atoms with van der Waals surface area (Å²) in [6.45, 7) is 9.39. The molecule has 1 aliphatic carbocycles. The molecule has 6 rings (SSSR count). The Morgan fingerprint density at radius 2 is 1.88 bits per heavy atom. The molecule has 0 amide bonds. The first-order valence-corrected chi connectivity index (χ1v) is 13.0. The standard InChI is InChI=1S/C23H32N8O2S/c1-15-19-20(25-16-3-5-18(6-4-16)30-7-9-32-10-8-30)27-22(28-21(19)34-29-15)26-17-11-24-31(12-17)23(2)13-33-14-23/h11-12,16,18H,3-10,13-14H2,1-2H3,(H2,25,26,27,28). The molecule has 0 bridgehead atoms. The number of anilines is 3. The van der Waals surface area contributed by atoms with Gasteiger partial charge in [-0.25, -0.2) is 0 Å². The maximum Gasteiger partial charge on any atom is 0.230 e. The summed E-state index contributed by atoms with van der Waals surface area (Å²) in [5, 5.41) is 12.6. The third-order valence-corrected chi connectivity index (χ3v) is 8.16. The molecule has 3 aromatic heterocycles. The lowest BCUT2D eigenvalue weighted by atomic mass is 9.90. The van der Waals surface area contributed by atoms with Crippen molar-refractivity contribution in [1.29, 1.82) is 0 Å². The van der Waals surface area contributed by atoms with E-state index in [9.17, 15) is 0 Å². The van der Waals surface area contributed by atoms with Gasteiger partial charge in [0.25, 0.3) is 0 Å². The Labute approximate surface area is 203 Å². The fraction of sp³-hybridized carbons (Fsp3) is 0.652. The van der Waals surface area contributed by atoms with E-state index in [0.29, 0.717) is 31.2 Å². The number of aryl methyl sites for hydroxylation is 1. The number of fused-ring (bicyclic) bond motifs is 1. The van der Waals surface area contributed by atoms with Gasteiger partial charge in [0, 0.05) is 31.4 Å². The Hall–Kier alpha value is -2.34. The quantitative estimate of drug-likeness (QED) is 0.546. The molecule has 34 heavy (non-hydrogen) atoms. The maximum absolute atomic E-state index is 5.53. The van der Waals surface area contributed by atoms with Crippen LogP contribution in [-0.4, -0.2) is 80.6 Å². The van der Waals surface area contributed by atoms with E-state index in [1.807, 2.05) is 24.0 Å². The maximum atomic E-state index is 5.53. The van der Waals surface area contributed by atoms with Crippen LogP contribution >= 0.6 is 11.5 Å². The van der Waals surface area contributed by atoms with Gasteiger partial charge in [-0.2, -0.15) is 19.4 Å². The average Bonchev–Trinajstić information content (AvgIpc) is 3.46. The van der Waals surface area contributed by atoms with Crippen molar-refractivity contribution in [3.63, 3.8) is 0 Å². The first-order chi connectivity index (χ1) is 16.6. The van der Waals surface area contributed by atoms with Crippen molar-refractivity contribution < 1.29 is 9.47 Å². The van der Waals surface area contributed by atoms with Crippen LogP contribution in [0.25, 0.3) is 10.2 Å². The van der Waals surface area contributed by atoms with Crippen molar-refractivity contribution in [2.45, 2.75) is 57.2 Å². The number of nitrogens with zero attached hydrogens (tertiary/aromatic N) is 6.